The van der Waals surface area contributed by atoms with Gasteiger partial charge >= 0.3 is 5.97 Å². The number of hydrogen-bond acceptors (Lipinski definition) is 4. The van der Waals surface area contributed by atoms with Crippen molar-refractivity contribution in [3.8, 4) is 0 Å². The van der Waals surface area contributed by atoms with Crippen LogP contribution < -0.4 is 0 Å². The van der Waals surface area contributed by atoms with Crippen LogP contribution in [-0.4, -0.2) is 60.0 Å². The zero-order chi connectivity index (χ0) is 18.6. The van der Waals surface area contributed by atoms with Crippen LogP contribution in [0.4, 0.5) is 0 Å². The number of rotatable bonds is 6. The molecule has 0 bridgehead atoms. The summed E-state index contributed by atoms with van der Waals surface area (Å²) in [6.07, 6.45) is 1.97. The van der Waals surface area contributed by atoms with E-state index >= 15 is 0 Å². The molecular weight excluding hydrogens is 344 g/mol. The highest BCUT2D eigenvalue weighted by Gasteiger charge is 2.34. The SMILES string of the molecule is CC(C(=O)O)N(Cc1ccccc1)C(=O)C1CCN(S(C)(=O)=O)CC1. The lowest BCUT2D eigenvalue weighted by molar-refractivity contribution is -0.152. The molecule has 1 aromatic rings. The summed E-state index contributed by atoms with van der Waals surface area (Å²) in [4.78, 5) is 25.7. The molecule has 25 heavy (non-hydrogen) atoms. The molecule has 1 amide bonds. The maximum atomic E-state index is 12.9. The van der Waals surface area contributed by atoms with Crippen LogP contribution in [-0.2, 0) is 26.2 Å². The first kappa shape index (κ1) is 19.4. The Bertz CT molecular complexity index is 712. The molecule has 0 aromatic heterocycles. The van der Waals surface area contributed by atoms with Crippen LogP contribution in [0, 0.1) is 5.92 Å². The Morgan fingerprint density at radius 3 is 2.28 bits per heavy atom. The van der Waals surface area contributed by atoms with Crippen molar-refractivity contribution < 1.29 is 23.1 Å². The topological polar surface area (TPSA) is 95.0 Å². The van der Waals surface area contributed by atoms with E-state index in [4.69, 9.17) is 0 Å². The van der Waals surface area contributed by atoms with Crippen molar-refractivity contribution in [2.75, 3.05) is 19.3 Å². The molecule has 2 rings (SSSR count). The Morgan fingerprint density at radius 2 is 1.80 bits per heavy atom. The second-order valence-electron chi connectivity index (χ2n) is 6.40. The van der Waals surface area contributed by atoms with Crippen molar-refractivity contribution in [2.24, 2.45) is 5.92 Å². The molecule has 1 atom stereocenters. The van der Waals surface area contributed by atoms with Gasteiger partial charge in [-0.2, -0.15) is 0 Å². The minimum atomic E-state index is -3.26. The number of carboxylic acids is 1. The highest BCUT2D eigenvalue weighted by Crippen LogP contribution is 2.23. The van der Waals surface area contributed by atoms with Gasteiger partial charge in [-0.05, 0) is 25.3 Å². The predicted octanol–water partition coefficient (Wildman–Crippen LogP) is 1.16. The maximum absolute atomic E-state index is 12.9. The van der Waals surface area contributed by atoms with Crippen molar-refractivity contribution in [3.05, 3.63) is 35.9 Å². The van der Waals surface area contributed by atoms with Gasteiger partial charge in [0.15, 0.2) is 0 Å². The molecule has 1 aromatic carbocycles. The summed E-state index contributed by atoms with van der Waals surface area (Å²) in [5.41, 5.74) is 0.859. The molecule has 0 spiro atoms. The van der Waals surface area contributed by atoms with Crippen LogP contribution in [0.15, 0.2) is 30.3 Å². The lowest BCUT2D eigenvalue weighted by Crippen LogP contribution is -2.48. The normalized spacial score (nSPS) is 17.8. The second kappa shape index (κ2) is 7.97. The van der Waals surface area contributed by atoms with Gasteiger partial charge in [0.05, 0.1) is 6.26 Å². The van der Waals surface area contributed by atoms with Gasteiger partial charge in [-0.25, -0.2) is 17.5 Å². The van der Waals surface area contributed by atoms with Crippen LogP contribution in [0.1, 0.15) is 25.3 Å². The third-order valence-electron chi connectivity index (χ3n) is 4.58. The number of amides is 1. The van der Waals surface area contributed by atoms with Crippen LogP contribution in [0.25, 0.3) is 0 Å². The quantitative estimate of drug-likeness (QED) is 0.813. The third-order valence-corrected chi connectivity index (χ3v) is 5.88. The Balaban J connectivity index is 2.12. The minimum Gasteiger partial charge on any atom is -0.480 e. The number of nitrogens with zero attached hydrogens (tertiary/aromatic N) is 2. The lowest BCUT2D eigenvalue weighted by Gasteiger charge is -2.34. The Kier molecular flexibility index (Phi) is 6.18. The van der Waals surface area contributed by atoms with E-state index in [0.717, 1.165) is 11.8 Å². The number of hydrogen-bond donors (Lipinski definition) is 1. The largest absolute Gasteiger partial charge is 0.480 e. The van der Waals surface area contributed by atoms with Crippen LogP contribution >= 0.6 is 0 Å². The number of carbonyl (C=O) groups is 2. The lowest BCUT2D eigenvalue weighted by atomic mass is 9.95. The molecule has 0 aliphatic carbocycles. The fourth-order valence-electron chi connectivity index (χ4n) is 2.99. The molecule has 1 saturated heterocycles. The van der Waals surface area contributed by atoms with Gasteiger partial charge in [-0.15, -0.1) is 0 Å². The van der Waals surface area contributed by atoms with Crippen molar-refractivity contribution in [3.63, 3.8) is 0 Å². The Labute approximate surface area is 148 Å². The van der Waals surface area contributed by atoms with Crippen molar-refractivity contribution >= 4 is 21.9 Å². The Hall–Kier alpha value is -1.93. The molecule has 8 heteroatoms. The minimum absolute atomic E-state index is 0.222. The molecule has 0 radical (unpaired) electrons. The number of carbonyl (C=O) groups excluding carboxylic acids is 1. The molecule has 1 heterocycles. The fraction of sp³-hybridized carbons (Fsp3) is 0.529. The molecule has 138 valence electrons. The highest BCUT2D eigenvalue weighted by molar-refractivity contribution is 7.88. The summed E-state index contributed by atoms with van der Waals surface area (Å²) < 4.78 is 24.5. The first-order valence-corrected chi connectivity index (χ1v) is 10.1. The average Bonchev–Trinajstić information content (AvgIpc) is 2.58. The van der Waals surface area contributed by atoms with Gasteiger partial charge in [0, 0.05) is 25.6 Å². The molecular formula is C17H24N2O5S. The number of aliphatic carboxylic acids is 1. The van der Waals surface area contributed by atoms with Crippen molar-refractivity contribution in [2.45, 2.75) is 32.4 Å². The summed E-state index contributed by atoms with van der Waals surface area (Å²) in [6.45, 7) is 2.29. The van der Waals surface area contributed by atoms with Crippen LogP contribution in [0.3, 0.4) is 0 Å². The summed E-state index contributed by atoms with van der Waals surface area (Å²) in [5.74, 6) is -1.65. The van der Waals surface area contributed by atoms with E-state index in [1.807, 2.05) is 30.3 Å². The monoisotopic (exact) mass is 368 g/mol. The van der Waals surface area contributed by atoms with Crippen LogP contribution in [0.2, 0.25) is 0 Å². The fourth-order valence-corrected chi connectivity index (χ4v) is 3.86. The highest BCUT2D eigenvalue weighted by atomic mass is 32.2. The molecule has 7 nitrogen and oxygen atoms in total. The van der Waals surface area contributed by atoms with Crippen molar-refractivity contribution in [1.29, 1.82) is 0 Å². The third kappa shape index (κ3) is 5.02. The molecule has 1 fully saturated rings. The molecule has 1 aliphatic heterocycles. The summed E-state index contributed by atoms with van der Waals surface area (Å²) in [5, 5.41) is 9.34. The predicted molar refractivity (Wildman–Crippen MR) is 93.2 cm³/mol. The van der Waals surface area contributed by atoms with Crippen LogP contribution in [0.5, 0.6) is 0 Å². The first-order valence-electron chi connectivity index (χ1n) is 8.22. The summed E-state index contributed by atoms with van der Waals surface area (Å²) >= 11 is 0. The van der Waals surface area contributed by atoms with E-state index in [-0.39, 0.29) is 31.5 Å². The molecule has 1 N–H and O–H groups in total. The number of carboxylic acid groups (broad SMARTS) is 1. The van der Waals surface area contributed by atoms with E-state index < -0.39 is 22.0 Å². The first-order chi connectivity index (χ1) is 11.7. The second-order valence-corrected chi connectivity index (χ2v) is 8.38. The van der Waals surface area contributed by atoms with Gasteiger partial charge in [0.1, 0.15) is 6.04 Å². The summed E-state index contributed by atoms with van der Waals surface area (Å²) in [7, 11) is -3.26. The molecule has 1 unspecified atom stereocenters. The van der Waals surface area contributed by atoms with E-state index in [1.165, 1.54) is 16.1 Å². The maximum Gasteiger partial charge on any atom is 0.326 e. The molecule has 1 aliphatic rings. The molecule has 0 saturated carbocycles. The van der Waals surface area contributed by atoms with Crippen molar-refractivity contribution in [1.82, 2.24) is 9.21 Å². The smallest absolute Gasteiger partial charge is 0.326 e. The number of piperidine rings is 1. The summed E-state index contributed by atoms with van der Waals surface area (Å²) in [6, 6.07) is 8.29. The van der Waals surface area contributed by atoms with E-state index in [9.17, 15) is 23.1 Å². The van der Waals surface area contributed by atoms with E-state index in [2.05, 4.69) is 0 Å². The van der Waals surface area contributed by atoms with Gasteiger partial charge < -0.3 is 10.0 Å². The van der Waals surface area contributed by atoms with Gasteiger partial charge in [0.2, 0.25) is 15.9 Å². The zero-order valence-electron chi connectivity index (χ0n) is 14.5. The number of sulfonamides is 1. The average molecular weight is 368 g/mol. The van der Waals surface area contributed by atoms with E-state index in [0.29, 0.717) is 12.8 Å². The van der Waals surface area contributed by atoms with E-state index in [1.54, 1.807) is 0 Å². The van der Waals surface area contributed by atoms with Gasteiger partial charge in [-0.1, -0.05) is 30.3 Å². The zero-order valence-corrected chi connectivity index (χ0v) is 15.3. The van der Waals surface area contributed by atoms with Gasteiger partial charge in [0.25, 0.3) is 0 Å². The Morgan fingerprint density at radius 1 is 1.24 bits per heavy atom. The number of benzene rings is 1. The standard InChI is InChI=1S/C17H24N2O5S/c1-13(17(21)22)19(12-14-6-4-3-5-7-14)16(20)15-8-10-18(11-9-15)25(2,23)24/h3-7,13,15H,8-12H2,1-2H3,(H,21,22). The van der Waals surface area contributed by atoms with Gasteiger partial charge in [-0.3, -0.25) is 4.79 Å².